The van der Waals surface area contributed by atoms with Gasteiger partial charge in [-0.1, -0.05) is 37.4 Å². The van der Waals surface area contributed by atoms with E-state index in [0.717, 1.165) is 5.56 Å². The highest BCUT2D eigenvalue weighted by Gasteiger charge is 2.37. The topological polar surface area (TPSA) is 17.1 Å². The van der Waals surface area contributed by atoms with E-state index in [1.165, 1.54) is 12.1 Å². The summed E-state index contributed by atoms with van der Waals surface area (Å²) >= 11 is 0. The largest absolute Gasteiger partial charge is 0.450 e. The summed E-state index contributed by atoms with van der Waals surface area (Å²) < 4.78 is 36.4. The van der Waals surface area contributed by atoms with Crippen LogP contribution in [0.25, 0.3) is 12.2 Å². The van der Waals surface area contributed by atoms with Crippen LogP contribution in [0.5, 0.6) is 0 Å². The second kappa shape index (κ2) is 4.99. The maximum atomic E-state index is 12.1. The zero-order valence-electron chi connectivity index (χ0n) is 9.05. The van der Waals surface area contributed by atoms with Gasteiger partial charge in [-0.2, -0.15) is 13.2 Å². The summed E-state index contributed by atoms with van der Waals surface area (Å²) in [6, 6.07) is 4.73. The van der Waals surface area contributed by atoms with Gasteiger partial charge in [0.1, 0.15) is 0 Å². The van der Waals surface area contributed by atoms with Crippen molar-refractivity contribution in [3.05, 3.63) is 48.0 Å². The summed E-state index contributed by atoms with van der Waals surface area (Å²) in [7, 11) is 0. The molecule has 1 aromatic carbocycles. The summed E-state index contributed by atoms with van der Waals surface area (Å²) in [6.45, 7) is 7.06. The van der Waals surface area contributed by atoms with Crippen LogP contribution in [0, 0.1) is 0 Å². The molecule has 1 nitrogen and oxygen atoms in total. The molecule has 0 amide bonds. The number of halogens is 3. The minimum absolute atomic E-state index is 0.313. The Morgan fingerprint density at radius 2 is 1.88 bits per heavy atom. The van der Waals surface area contributed by atoms with Crippen LogP contribution in [0.1, 0.15) is 16.7 Å². The first-order valence-corrected chi connectivity index (χ1v) is 4.86. The smallest absolute Gasteiger partial charge is 0.289 e. The molecule has 0 saturated carbocycles. The average Bonchev–Trinajstić information content (AvgIpc) is 2.28. The SMILES string of the molecule is C=Cc1ccc(CC(=O)C(F)(F)F)c(C=C)c1. The second-order valence-corrected chi connectivity index (χ2v) is 3.46. The highest BCUT2D eigenvalue weighted by atomic mass is 19.4. The van der Waals surface area contributed by atoms with E-state index in [4.69, 9.17) is 0 Å². The molecule has 0 atom stereocenters. The van der Waals surface area contributed by atoms with Gasteiger partial charge in [0.15, 0.2) is 0 Å². The first-order chi connectivity index (χ1) is 7.88. The van der Waals surface area contributed by atoms with Crippen molar-refractivity contribution in [2.24, 2.45) is 0 Å². The molecule has 4 heteroatoms. The first kappa shape index (κ1) is 13.2. The van der Waals surface area contributed by atoms with E-state index >= 15 is 0 Å². The quantitative estimate of drug-likeness (QED) is 0.785. The van der Waals surface area contributed by atoms with Gasteiger partial charge >= 0.3 is 6.18 Å². The Kier molecular flexibility index (Phi) is 3.89. The second-order valence-electron chi connectivity index (χ2n) is 3.46. The number of carbonyl (C=O) groups is 1. The zero-order chi connectivity index (χ0) is 13.1. The number of carbonyl (C=O) groups excluding carboxylic acids is 1. The number of alkyl halides is 3. The standard InChI is InChI=1S/C13H11F3O/c1-3-9-5-6-11(10(4-2)7-9)8-12(17)13(14,15)16/h3-7H,1-2,8H2. The maximum absolute atomic E-state index is 12.1. The third-order valence-electron chi connectivity index (χ3n) is 2.29. The Hall–Kier alpha value is -1.84. The van der Waals surface area contributed by atoms with Crippen molar-refractivity contribution in [2.75, 3.05) is 0 Å². The fraction of sp³-hybridized carbons (Fsp3) is 0.154. The van der Waals surface area contributed by atoms with Crippen molar-refractivity contribution in [1.29, 1.82) is 0 Å². The minimum atomic E-state index is -4.80. The van der Waals surface area contributed by atoms with Crippen molar-refractivity contribution in [3.63, 3.8) is 0 Å². The molecule has 0 fully saturated rings. The molecule has 1 aromatic rings. The normalized spacial score (nSPS) is 11.0. The van der Waals surface area contributed by atoms with Gasteiger partial charge < -0.3 is 0 Å². The van der Waals surface area contributed by atoms with E-state index < -0.39 is 18.4 Å². The number of rotatable bonds is 4. The monoisotopic (exact) mass is 240 g/mol. The van der Waals surface area contributed by atoms with Crippen LogP contribution in [0.15, 0.2) is 31.4 Å². The molecule has 0 aliphatic rings. The van der Waals surface area contributed by atoms with Crippen LogP contribution in [0.4, 0.5) is 13.2 Å². The van der Waals surface area contributed by atoms with Crippen LogP contribution in [-0.4, -0.2) is 12.0 Å². The highest BCUT2D eigenvalue weighted by Crippen LogP contribution is 2.21. The third kappa shape index (κ3) is 3.31. The summed E-state index contributed by atoms with van der Waals surface area (Å²) in [4.78, 5) is 10.9. The Morgan fingerprint density at radius 3 is 2.35 bits per heavy atom. The molecule has 0 unspecified atom stereocenters. The molecule has 0 heterocycles. The lowest BCUT2D eigenvalue weighted by molar-refractivity contribution is -0.170. The third-order valence-corrected chi connectivity index (χ3v) is 2.29. The van der Waals surface area contributed by atoms with Gasteiger partial charge in [0.05, 0.1) is 0 Å². The van der Waals surface area contributed by atoms with E-state index in [9.17, 15) is 18.0 Å². The number of benzene rings is 1. The lowest BCUT2D eigenvalue weighted by Crippen LogP contribution is -2.24. The van der Waals surface area contributed by atoms with Crippen LogP contribution in [0.2, 0.25) is 0 Å². The summed E-state index contributed by atoms with van der Waals surface area (Å²) in [6.07, 6.45) is -2.47. The average molecular weight is 240 g/mol. The van der Waals surface area contributed by atoms with E-state index in [0.29, 0.717) is 11.1 Å². The number of hydrogen-bond acceptors (Lipinski definition) is 1. The van der Waals surface area contributed by atoms with Crippen LogP contribution < -0.4 is 0 Å². The van der Waals surface area contributed by atoms with Crippen molar-refractivity contribution in [3.8, 4) is 0 Å². The predicted molar refractivity (Wildman–Crippen MR) is 61.4 cm³/mol. The van der Waals surface area contributed by atoms with Gasteiger partial charge in [0.25, 0.3) is 0 Å². The van der Waals surface area contributed by atoms with Gasteiger partial charge in [-0.15, -0.1) is 0 Å². The first-order valence-electron chi connectivity index (χ1n) is 4.86. The summed E-state index contributed by atoms with van der Waals surface area (Å²) in [5, 5.41) is 0. The fourth-order valence-electron chi connectivity index (χ4n) is 1.36. The molecular formula is C13H11F3O. The molecular weight excluding hydrogens is 229 g/mol. The van der Waals surface area contributed by atoms with Gasteiger partial charge in [0, 0.05) is 6.42 Å². The van der Waals surface area contributed by atoms with Gasteiger partial charge in [-0.05, 0) is 22.8 Å². The molecule has 0 saturated heterocycles. The maximum Gasteiger partial charge on any atom is 0.450 e. The molecule has 0 N–H and O–H groups in total. The molecule has 0 aromatic heterocycles. The molecule has 0 spiro atoms. The summed E-state index contributed by atoms with van der Waals surface area (Å²) in [5.41, 5.74) is 1.59. The molecule has 0 bridgehead atoms. The Bertz CT molecular complexity index is 458. The molecule has 90 valence electrons. The van der Waals surface area contributed by atoms with E-state index in [-0.39, 0.29) is 0 Å². The van der Waals surface area contributed by atoms with Crippen molar-refractivity contribution in [1.82, 2.24) is 0 Å². The molecule has 0 aliphatic carbocycles. The molecule has 1 rings (SSSR count). The van der Waals surface area contributed by atoms with Crippen molar-refractivity contribution < 1.29 is 18.0 Å². The fourth-order valence-corrected chi connectivity index (χ4v) is 1.36. The number of ketones is 1. The highest BCUT2D eigenvalue weighted by molar-refractivity contribution is 5.87. The molecule has 0 radical (unpaired) electrons. The van der Waals surface area contributed by atoms with Crippen LogP contribution in [0.3, 0.4) is 0 Å². The lowest BCUT2D eigenvalue weighted by Gasteiger charge is -2.08. The predicted octanol–water partition coefficient (Wildman–Crippen LogP) is 3.65. The molecule has 0 aliphatic heterocycles. The minimum Gasteiger partial charge on any atom is -0.289 e. The number of Topliss-reactive ketones (excluding diaryl/α,β-unsaturated/α-hetero) is 1. The van der Waals surface area contributed by atoms with Crippen molar-refractivity contribution >= 4 is 17.9 Å². The lowest BCUT2D eigenvalue weighted by atomic mass is 9.99. The Morgan fingerprint density at radius 1 is 1.24 bits per heavy atom. The van der Waals surface area contributed by atoms with Gasteiger partial charge in [-0.25, -0.2) is 0 Å². The van der Waals surface area contributed by atoms with Gasteiger partial charge in [-0.3, -0.25) is 4.79 Å². The van der Waals surface area contributed by atoms with E-state index in [1.807, 2.05) is 0 Å². The van der Waals surface area contributed by atoms with Gasteiger partial charge in [0.2, 0.25) is 5.78 Å². The van der Waals surface area contributed by atoms with Crippen LogP contribution >= 0.6 is 0 Å². The van der Waals surface area contributed by atoms with E-state index in [2.05, 4.69) is 13.2 Å². The Labute approximate surface area is 97.3 Å². The van der Waals surface area contributed by atoms with Crippen molar-refractivity contribution in [2.45, 2.75) is 12.6 Å². The van der Waals surface area contributed by atoms with Crippen LogP contribution in [-0.2, 0) is 11.2 Å². The zero-order valence-corrected chi connectivity index (χ0v) is 9.05. The Balaban J connectivity index is 3.03. The summed E-state index contributed by atoms with van der Waals surface area (Å²) in [5.74, 6) is -1.76. The number of hydrogen-bond donors (Lipinski definition) is 0. The van der Waals surface area contributed by atoms with E-state index in [1.54, 1.807) is 18.2 Å². The molecule has 17 heavy (non-hydrogen) atoms.